The van der Waals surface area contributed by atoms with E-state index < -0.39 is 0 Å². The molecule has 4 heteroatoms. The Bertz CT molecular complexity index is 2120. The Morgan fingerprint density at radius 3 is 2.00 bits per heavy atom. The molecule has 0 saturated carbocycles. The third kappa shape index (κ3) is 4.21. The minimum atomic E-state index is -0.359. The fraction of sp³-hybridized carbons (Fsp3) is 0.0270. The molecule has 1 aromatic heterocycles. The summed E-state index contributed by atoms with van der Waals surface area (Å²) in [5.74, 6) is 1.67. The monoisotopic (exact) mass is 543 g/mol. The van der Waals surface area contributed by atoms with Crippen molar-refractivity contribution in [2.24, 2.45) is 9.98 Å². The van der Waals surface area contributed by atoms with Gasteiger partial charge in [0.25, 0.3) is 0 Å². The lowest BCUT2D eigenvalue weighted by atomic mass is 9.97. The van der Waals surface area contributed by atoms with Crippen molar-refractivity contribution in [2.45, 2.75) is 6.17 Å². The number of hydrogen-bond acceptors (Lipinski definition) is 4. The van der Waals surface area contributed by atoms with Gasteiger partial charge in [0.1, 0.15) is 11.7 Å². The first kappa shape index (κ1) is 23.8. The molecule has 7 aromatic rings. The predicted octanol–water partition coefficient (Wildman–Crippen LogP) is 9.37. The van der Waals surface area contributed by atoms with Crippen LogP contribution in [0.2, 0.25) is 0 Å². The topological polar surface area (TPSA) is 36.8 Å². The number of rotatable bonds is 4. The van der Waals surface area contributed by atoms with Gasteiger partial charge in [-0.15, -0.1) is 11.3 Å². The average molecular weight is 544 g/mol. The largest absolute Gasteiger partial charge is 0.324 e. The fourth-order valence-corrected chi connectivity index (χ4v) is 6.94. The van der Waals surface area contributed by atoms with Crippen molar-refractivity contribution in [3.05, 3.63) is 156 Å². The van der Waals surface area contributed by atoms with Crippen molar-refractivity contribution < 1.29 is 0 Å². The molecule has 0 bridgehead atoms. The number of thiophene rings is 1. The fourth-order valence-electron chi connectivity index (χ4n) is 5.77. The van der Waals surface area contributed by atoms with E-state index in [-0.39, 0.29) is 6.17 Å². The van der Waals surface area contributed by atoms with E-state index in [9.17, 15) is 0 Å². The number of fused-ring (bicyclic) bond motifs is 4. The summed E-state index contributed by atoms with van der Waals surface area (Å²) in [4.78, 5) is 10.5. The van der Waals surface area contributed by atoms with Crippen LogP contribution in [0.3, 0.4) is 0 Å². The molecule has 3 nitrogen and oxygen atoms in total. The molecule has 1 aliphatic rings. The van der Waals surface area contributed by atoms with Crippen LogP contribution in [0.15, 0.2) is 150 Å². The molecule has 41 heavy (non-hydrogen) atoms. The van der Waals surface area contributed by atoms with Gasteiger partial charge < -0.3 is 5.32 Å². The smallest absolute Gasteiger partial charge is 0.169 e. The summed E-state index contributed by atoms with van der Waals surface area (Å²) in [6.07, 6.45) is -0.359. The maximum absolute atomic E-state index is 5.27. The molecule has 1 aliphatic heterocycles. The van der Waals surface area contributed by atoms with Crippen LogP contribution in [-0.4, -0.2) is 11.7 Å². The SMILES string of the molecule is c1ccc(-c2cc(C3=NC(c4ccccc4)N=C(c4cccc5ccccc45)N3)c3c(c2)sc2ccccc23)cc1. The second-order valence-electron chi connectivity index (χ2n) is 10.3. The Morgan fingerprint density at radius 1 is 0.512 bits per heavy atom. The van der Waals surface area contributed by atoms with Crippen molar-refractivity contribution in [3.63, 3.8) is 0 Å². The van der Waals surface area contributed by atoms with Crippen LogP contribution < -0.4 is 5.32 Å². The van der Waals surface area contributed by atoms with Gasteiger partial charge in [-0.05, 0) is 45.7 Å². The molecule has 0 fully saturated rings. The molecule has 1 atom stereocenters. The lowest BCUT2D eigenvalue weighted by molar-refractivity contribution is 0.756. The number of benzene rings is 6. The van der Waals surface area contributed by atoms with E-state index in [0.29, 0.717) is 0 Å². The van der Waals surface area contributed by atoms with Gasteiger partial charge in [-0.1, -0.05) is 121 Å². The second kappa shape index (κ2) is 9.84. The number of amidine groups is 2. The summed E-state index contributed by atoms with van der Waals surface area (Å²) < 4.78 is 2.52. The van der Waals surface area contributed by atoms with Gasteiger partial charge in [0.2, 0.25) is 0 Å². The maximum Gasteiger partial charge on any atom is 0.169 e. The van der Waals surface area contributed by atoms with E-state index in [2.05, 4.69) is 139 Å². The summed E-state index contributed by atoms with van der Waals surface area (Å²) in [6, 6.07) is 49.1. The molecule has 6 aromatic carbocycles. The summed E-state index contributed by atoms with van der Waals surface area (Å²) in [5, 5.41) is 8.53. The van der Waals surface area contributed by atoms with E-state index >= 15 is 0 Å². The zero-order chi connectivity index (χ0) is 27.2. The number of hydrogen-bond donors (Lipinski definition) is 1. The second-order valence-corrected chi connectivity index (χ2v) is 11.3. The minimum Gasteiger partial charge on any atom is -0.324 e. The van der Waals surface area contributed by atoms with Gasteiger partial charge >= 0.3 is 0 Å². The molecule has 8 rings (SSSR count). The van der Waals surface area contributed by atoms with Crippen LogP contribution in [0.4, 0.5) is 0 Å². The molecule has 1 N–H and O–H groups in total. The van der Waals surface area contributed by atoms with Crippen LogP contribution in [0.5, 0.6) is 0 Å². The van der Waals surface area contributed by atoms with Crippen molar-refractivity contribution in [2.75, 3.05) is 0 Å². The molecule has 194 valence electrons. The normalized spacial score (nSPS) is 15.1. The van der Waals surface area contributed by atoms with Gasteiger partial charge in [0.15, 0.2) is 6.17 Å². The molecule has 0 amide bonds. The van der Waals surface area contributed by atoms with Crippen LogP contribution in [0, 0.1) is 0 Å². The first-order valence-corrected chi connectivity index (χ1v) is 14.6. The molecule has 1 unspecified atom stereocenters. The number of nitrogens with zero attached hydrogens (tertiary/aromatic N) is 2. The van der Waals surface area contributed by atoms with Crippen LogP contribution in [0.1, 0.15) is 22.9 Å². The third-order valence-corrected chi connectivity index (χ3v) is 8.84. The first-order chi connectivity index (χ1) is 20.3. The molecular formula is C37H25N3S. The lowest BCUT2D eigenvalue weighted by Crippen LogP contribution is -2.36. The predicted molar refractivity (Wildman–Crippen MR) is 174 cm³/mol. The molecule has 0 saturated heterocycles. The highest BCUT2D eigenvalue weighted by Crippen LogP contribution is 2.40. The minimum absolute atomic E-state index is 0.359. The van der Waals surface area contributed by atoms with Gasteiger partial charge in [-0.3, -0.25) is 0 Å². The molecule has 0 aliphatic carbocycles. The molecule has 0 spiro atoms. The Kier molecular flexibility index (Phi) is 5.71. The van der Waals surface area contributed by atoms with Gasteiger partial charge in [-0.2, -0.15) is 0 Å². The van der Waals surface area contributed by atoms with Gasteiger partial charge in [0, 0.05) is 31.3 Å². The van der Waals surface area contributed by atoms with E-state index in [1.165, 1.54) is 42.1 Å². The number of aliphatic imine (C=N–C) groups is 2. The average Bonchev–Trinajstić information content (AvgIpc) is 3.43. The third-order valence-electron chi connectivity index (χ3n) is 7.72. The summed E-state index contributed by atoms with van der Waals surface area (Å²) >= 11 is 1.83. The number of nitrogens with one attached hydrogen (secondary N) is 1. The Morgan fingerprint density at radius 2 is 1.17 bits per heavy atom. The Labute approximate surface area is 242 Å². The van der Waals surface area contributed by atoms with Crippen molar-refractivity contribution >= 4 is 54.0 Å². The zero-order valence-electron chi connectivity index (χ0n) is 22.2. The van der Waals surface area contributed by atoms with Crippen LogP contribution >= 0.6 is 11.3 Å². The van der Waals surface area contributed by atoms with E-state index in [4.69, 9.17) is 9.98 Å². The highest BCUT2D eigenvalue weighted by Gasteiger charge is 2.24. The van der Waals surface area contributed by atoms with Crippen molar-refractivity contribution in [1.29, 1.82) is 0 Å². The quantitative estimate of drug-likeness (QED) is 0.236. The van der Waals surface area contributed by atoms with Crippen molar-refractivity contribution in [3.8, 4) is 11.1 Å². The van der Waals surface area contributed by atoms with Gasteiger partial charge in [0.05, 0.1) is 0 Å². The van der Waals surface area contributed by atoms with Crippen LogP contribution in [-0.2, 0) is 0 Å². The highest BCUT2D eigenvalue weighted by atomic mass is 32.1. The maximum atomic E-state index is 5.27. The Balaban J connectivity index is 1.38. The lowest BCUT2D eigenvalue weighted by Gasteiger charge is -2.24. The van der Waals surface area contributed by atoms with Gasteiger partial charge in [-0.25, -0.2) is 9.98 Å². The Hall–Kier alpha value is -5.06. The molecule has 2 heterocycles. The standard InChI is InChI=1S/C37H25N3S/c1-3-12-24(13-4-1)27-22-31(34-30-19-9-10-21-32(30)41-33(34)23-27)37-39-35(26-15-5-2-6-16-26)38-36(40-37)29-20-11-17-25-14-7-8-18-28(25)29/h1-23,35H,(H,38,39,40). The zero-order valence-corrected chi connectivity index (χ0v) is 23.0. The van der Waals surface area contributed by atoms with E-state index in [0.717, 1.165) is 28.4 Å². The summed E-state index contributed by atoms with van der Waals surface area (Å²) in [5.41, 5.74) is 5.59. The van der Waals surface area contributed by atoms with Crippen molar-refractivity contribution in [1.82, 2.24) is 5.32 Å². The molecule has 0 radical (unpaired) electrons. The highest BCUT2D eigenvalue weighted by molar-refractivity contribution is 7.25. The van der Waals surface area contributed by atoms with Crippen LogP contribution in [0.25, 0.3) is 42.1 Å². The molecular weight excluding hydrogens is 518 g/mol. The van der Waals surface area contributed by atoms with E-state index in [1.54, 1.807) is 0 Å². The first-order valence-electron chi connectivity index (χ1n) is 13.8. The summed E-state index contributed by atoms with van der Waals surface area (Å²) in [7, 11) is 0. The summed E-state index contributed by atoms with van der Waals surface area (Å²) in [6.45, 7) is 0. The van der Waals surface area contributed by atoms with E-state index in [1.807, 2.05) is 17.4 Å².